The Labute approximate surface area is 263 Å². The van der Waals surface area contributed by atoms with Crippen molar-refractivity contribution >= 4 is 28.3 Å². The summed E-state index contributed by atoms with van der Waals surface area (Å²) >= 11 is 0. The fourth-order valence-electron chi connectivity index (χ4n) is 5.47. The second kappa shape index (κ2) is 12.2. The van der Waals surface area contributed by atoms with E-state index in [4.69, 9.17) is 0 Å². The molecule has 254 valence electrons. The smallest absolute Gasteiger partial charge is 0.417 e. The van der Waals surface area contributed by atoms with E-state index >= 15 is 0 Å². The van der Waals surface area contributed by atoms with Gasteiger partial charge in [0.1, 0.15) is 36.3 Å². The van der Waals surface area contributed by atoms with Gasteiger partial charge in [-0.1, -0.05) is 36.4 Å². The van der Waals surface area contributed by atoms with Crippen LogP contribution < -0.4 is 15.8 Å². The number of carboxylic acids is 1. The van der Waals surface area contributed by atoms with Gasteiger partial charge < -0.3 is 19.9 Å². The summed E-state index contributed by atoms with van der Waals surface area (Å²) in [5, 5.41) is 12.1. The molecule has 2 N–H and O–H groups in total. The summed E-state index contributed by atoms with van der Waals surface area (Å²) < 4.78 is 131. The molecule has 4 aromatic rings. The Hall–Kier alpha value is -5.06. The maximum absolute atomic E-state index is 15.0. The number of carbonyl (C=O) groups is 2. The van der Waals surface area contributed by atoms with Gasteiger partial charge in [0, 0.05) is 25.4 Å². The maximum atomic E-state index is 15.0. The summed E-state index contributed by atoms with van der Waals surface area (Å²) in [5.41, 5.74) is -4.87. The lowest BCUT2D eigenvalue weighted by atomic mass is 9.91. The Kier molecular flexibility index (Phi) is 8.71. The average Bonchev–Trinajstić information content (AvgIpc) is 2.95. The fourth-order valence-corrected chi connectivity index (χ4v) is 5.47. The molecule has 1 fully saturated rings. The van der Waals surface area contributed by atoms with Crippen molar-refractivity contribution in [2.45, 2.75) is 30.9 Å². The van der Waals surface area contributed by atoms with Gasteiger partial charge in [-0.15, -0.1) is 0 Å². The van der Waals surface area contributed by atoms with Crippen LogP contribution in [0.5, 0.6) is 0 Å². The van der Waals surface area contributed by atoms with Gasteiger partial charge in [0.25, 0.3) is 11.5 Å². The molecule has 1 saturated heterocycles. The molecule has 48 heavy (non-hydrogen) atoms. The molecular formula is C31H22F9N3O5. The number of aliphatic carboxylic acids is 1. The van der Waals surface area contributed by atoms with Gasteiger partial charge in [-0.3, -0.25) is 14.3 Å². The minimum Gasteiger partial charge on any atom is -0.480 e. The van der Waals surface area contributed by atoms with Crippen LogP contribution in [0.15, 0.2) is 65.6 Å². The van der Waals surface area contributed by atoms with Crippen LogP contribution in [0.4, 0.5) is 45.2 Å². The van der Waals surface area contributed by atoms with Crippen LogP contribution in [0.2, 0.25) is 0 Å². The highest BCUT2D eigenvalue weighted by Crippen LogP contribution is 2.39. The number of anilines is 1. The molecular weight excluding hydrogens is 665 g/mol. The lowest BCUT2D eigenvalue weighted by Gasteiger charge is -2.38. The third-order valence-corrected chi connectivity index (χ3v) is 7.55. The van der Waals surface area contributed by atoms with E-state index in [9.17, 15) is 59.0 Å². The van der Waals surface area contributed by atoms with E-state index in [-0.39, 0.29) is 26.8 Å². The van der Waals surface area contributed by atoms with Crippen molar-refractivity contribution < 1.29 is 58.9 Å². The zero-order valence-corrected chi connectivity index (χ0v) is 24.3. The second-order valence-corrected chi connectivity index (χ2v) is 10.9. The number of nitrogens with zero attached hydrogens (tertiary/aromatic N) is 2. The number of hydrogen-bond acceptors (Lipinski definition) is 5. The van der Waals surface area contributed by atoms with Gasteiger partial charge in [0.15, 0.2) is 0 Å². The Bertz CT molecular complexity index is 1960. The van der Waals surface area contributed by atoms with Gasteiger partial charge in [0.2, 0.25) is 0 Å². The van der Waals surface area contributed by atoms with E-state index in [2.05, 4.69) is 4.74 Å². The molecule has 17 heteroatoms. The number of morpholine rings is 1. The number of aryl methyl sites for hydroxylation is 1. The number of hydrogen-bond donors (Lipinski definition) is 2. The molecule has 3 aromatic carbocycles. The Balaban J connectivity index is 1.47. The number of carbonyl (C=O) groups excluding carboxylic acids is 1. The van der Waals surface area contributed by atoms with Gasteiger partial charge in [-0.25, -0.2) is 13.6 Å². The number of alkyl halides is 7. The summed E-state index contributed by atoms with van der Waals surface area (Å²) in [5.74, 6) is -6.62. The van der Waals surface area contributed by atoms with E-state index in [1.165, 1.54) is 43.4 Å². The SMILES string of the molecule is Cn1ccc(C(F)(F)F)c(-c2cccc3c(C[C@H](NC(=O)c4c(F)cc(N5CC(F)(F)OC(F)(F)C5)cc4F)C(=O)O)cccc23)c1=O. The standard InChI is InChI=1S/C31H22F9N3O5/c1-42-9-8-20(31(38,39)40)24(27(42)45)19-7-3-5-17-15(4-2-6-18(17)19)10-23(28(46)47)41-26(44)25-21(32)11-16(12-22(25)33)43-13-29(34,35)48-30(36,37)14-43/h2-9,11-12,23H,10,13-14H2,1H3,(H,41,44)(H,46,47)/t23-/m0/s1. The van der Waals surface area contributed by atoms with E-state index < -0.39 is 95.4 Å². The predicted octanol–water partition coefficient (Wildman–Crippen LogP) is 5.95. The van der Waals surface area contributed by atoms with Crippen molar-refractivity contribution in [3.05, 3.63) is 99.5 Å². The largest absolute Gasteiger partial charge is 0.480 e. The van der Waals surface area contributed by atoms with Crippen molar-refractivity contribution in [1.82, 2.24) is 9.88 Å². The first-order valence-electron chi connectivity index (χ1n) is 13.8. The van der Waals surface area contributed by atoms with Gasteiger partial charge in [-0.2, -0.15) is 30.7 Å². The summed E-state index contributed by atoms with van der Waals surface area (Å²) in [6.45, 7) is -2.98. The first-order valence-corrected chi connectivity index (χ1v) is 13.8. The van der Waals surface area contributed by atoms with Crippen molar-refractivity contribution in [2.75, 3.05) is 18.0 Å². The van der Waals surface area contributed by atoms with E-state index in [0.717, 1.165) is 16.8 Å². The molecule has 0 aliphatic carbocycles. The number of aromatic nitrogens is 1. The summed E-state index contributed by atoms with van der Waals surface area (Å²) in [4.78, 5) is 38.2. The summed E-state index contributed by atoms with van der Waals surface area (Å²) in [6, 6.07) is 7.79. The van der Waals surface area contributed by atoms with Gasteiger partial charge in [-0.05, 0) is 40.1 Å². The highest BCUT2D eigenvalue weighted by molar-refractivity contribution is 6.00. The first kappa shape index (κ1) is 34.3. The number of ether oxygens (including phenoxy) is 1. The third kappa shape index (κ3) is 6.81. The van der Waals surface area contributed by atoms with Crippen LogP contribution in [-0.2, 0) is 29.2 Å². The number of carboxylic acid groups (broad SMARTS) is 1. The highest BCUT2D eigenvalue weighted by atomic mass is 19.4. The molecule has 0 spiro atoms. The number of nitrogens with one attached hydrogen (secondary N) is 1. The topological polar surface area (TPSA) is 101 Å². The molecule has 8 nitrogen and oxygen atoms in total. The third-order valence-electron chi connectivity index (χ3n) is 7.55. The number of rotatable bonds is 7. The Morgan fingerprint density at radius 2 is 1.54 bits per heavy atom. The van der Waals surface area contributed by atoms with E-state index in [0.29, 0.717) is 12.1 Å². The lowest BCUT2D eigenvalue weighted by Crippen LogP contribution is -2.55. The molecule has 1 amide bonds. The summed E-state index contributed by atoms with van der Waals surface area (Å²) in [7, 11) is 1.27. The number of pyridine rings is 1. The number of halogens is 9. The highest BCUT2D eigenvalue weighted by Gasteiger charge is 2.51. The van der Waals surface area contributed by atoms with Crippen LogP contribution in [0.3, 0.4) is 0 Å². The van der Waals surface area contributed by atoms with Crippen LogP contribution in [0, 0.1) is 11.6 Å². The van der Waals surface area contributed by atoms with Crippen molar-refractivity contribution in [2.24, 2.45) is 7.05 Å². The predicted molar refractivity (Wildman–Crippen MR) is 152 cm³/mol. The van der Waals surface area contributed by atoms with Crippen LogP contribution >= 0.6 is 0 Å². The summed E-state index contributed by atoms with van der Waals surface area (Å²) in [6.07, 6.45) is -13.2. The number of benzene rings is 3. The number of amides is 1. The molecule has 1 atom stereocenters. The minimum absolute atomic E-state index is 0.112. The quantitative estimate of drug-likeness (QED) is 0.233. The molecule has 5 rings (SSSR count). The molecule has 1 aliphatic heterocycles. The Morgan fingerprint density at radius 1 is 0.958 bits per heavy atom. The van der Waals surface area contributed by atoms with Crippen molar-refractivity contribution in [3.8, 4) is 11.1 Å². The van der Waals surface area contributed by atoms with Crippen molar-refractivity contribution in [3.63, 3.8) is 0 Å². The van der Waals surface area contributed by atoms with Crippen LogP contribution in [0.1, 0.15) is 21.5 Å². The minimum atomic E-state index is -4.90. The molecule has 1 aliphatic rings. The zero-order chi connectivity index (χ0) is 35.3. The molecule has 0 radical (unpaired) electrons. The average molecular weight is 688 g/mol. The van der Waals surface area contributed by atoms with E-state index in [1.807, 2.05) is 5.32 Å². The molecule has 1 aromatic heterocycles. The molecule has 2 heterocycles. The lowest BCUT2D eigenvalue weighted by molar-refractivity contribution is -0.380. The van der Waals surface area contributed by atoms with E-state index in [1.54, 1.807) is 0 Å². The molecule has 0 bridgehead atoms. The van der Waals surface area contributed by atoms with Gasteiger partial charge in [0.05, 0.1) is 11.1 Å². The zero-order valence-electron chi connectivity index (χ0n) is 24.3. The maximum Gasteiger partial charge on any atom is 0.417 e. The monoisotopic (exact) mass is 687 g/mol. The van der Waals surface area contributed by atoms with Gasteiger partial charge >= 0.3 is 24.4 Å². The Morgan fingerprint density at radius 3 is 2.12 bits per heavy atom. The first-order chi connectivity index (χ1) is 22.3. The normalized spacial score (nSPS) is 16.5. The fraction of sp³-hybridized carbons (Fsp3) is 0.258. The van der Waals surface area contributed by atoms with Crippen molar-refractivity contribution in [1.29, 1.82) is 0 Å². The van der Waals surface area contributed by atoms with Crippen LogP contribution in [-0.4, -0.2) is 52.9 Å². The number of fused-ring (bicyclic) bond motifs is 1. The molecule has 0 unspecified atom stereocenters. The molecule has 0 saturated carbocycles. The second-order valence-electron chi connectivity index (χ2n) is 10.9. The van der Waals surface area contributed by atoms with Crippen LogP contribution in [0.25, 0.3) is 21.9 Å².